The smallest absolute Gasteiger partial charge is 0.343 e. The summed E-state index contributed by atoms with van der Waals surface area (Å²) in [7, 11) is 0. The van der Waals surface area contributed by atoms with Gasteiger partial charge in [0.1, 0.15) is 5.57 Å². The summed E-state index contributed by atoms with van der Waals surface area (Å²) >= 11 is 0. The van der Waals surface area contributed by atoms with Crippen LogP contribution in [0.3, 0.4) is 0 Å². The van der Waals surface area contributed by atoms with Crippen molar-refractivity contribution in [2.45, 2.75) is 0 Å². The zero-order valence-electron chi connectivity index (χ0n) is 6.30. The van der Waals surface area contributed by atoms with Gasteiger partial charge in [-0.3, -0.25) is 0 Å². The van der Waals surface area contributed by atoms with Crippen LogP contribution >= 0.6 is 0 Å². The van der Waals surface area contributed by atoms with Crippen LogP contribution in [0.5, 0.6) is 0 Å². The minimum atomic E-state index is -1.62. The van der Waals surface area contributed by atoms with Gasteiger partial charge in [-0.15, -0.1) is 0 Å². The van der Waals surface area contributed by atoms with Gasteiger partial charge in [0.2, 0.25) is 0 Å². The molecule has 0 rings (SSSR count). The Labute approximate surface area is 72.4 Å². The lowest BCUT2D eigenvalue weighted by Gasteiger charge is -1.90. The van der Waals surface area contributed by atoms with Crippen molar-refractivity contribution in [2.75, 3.05) is 0 Å². The van der Waals surface area contributed by atoms with Gasteiger partial charge < -0.3 is 15.3 Å². The topological polar surface area (TPSA) is 112 Å². The van der Waals surface area contributed by atoms with E-state index in [9.17, 15) is 14.4 Å². The van der Waals surface area contributed by atoms with Gasteiger partial charge >= 0.3 is 17.9 Å². The first kappa shape index (κ1) is 10.9. The predicted octanol–water partition coefficient (Wildman–Crippen LogP) is -0.277. The first-order chi connectivity index (χ1) is 5.95. The van der Waals surface area contributed by atoms with Crippen molar-refractivity contribution < 1.29 is 29.7 Å². The van der Waals surface area contributed by atoms with Crippen LogP contribution in [-0.2, 0) is 14.4 Å². The molecular weight excluding hydrogens is 180 g/mol. The number of allylic oxidation sites excluding steroid dienone is 2. The molecule has 0 aromatic heterocycles. The van der Waals surface area contributed by atoms with E-state index in [4.69, 9.17) is 15.3 Å². The monoisotopic (exact) mass is 186 g/mol. The average molecular weight is 186 g/mol. The largest absolute Gasteiger partial charge is 0.478 e. The van der Waals surface area contributed by atoms with Crippen molar-refractivity contribution in [1.29, 1.82) is 0 Å². The minimum Gasteiger partial charge on any atom is -0.478 e. The average Bonchev–Trinajstić information content (AvgIpc) is 1.95. The standard InChI is InChI=1S/C7H6O6/c8-5(9)3-1-2-4(6(10)11)7(12)13/h1-3H,(H,8,9)(H,10,11)(H,12,13)/b3-1+. The Morgan fingerprint density at radius 2 is 1.38 bits per heavy atom. The van der Waals surface area contributed by atoms with Crippen LogP contribution in [0.25, 0.3) is 0 Å². The SMILES string of the molecule is O=C(O)/C=C/C=C(C(=O)O)C(=O)O. The third-order valence-corrected chi connectivity index (χ3v) is 0.963. The second-order valence-corrected chi connectivity index (χ2v) is 1.89. The lowest BCUT2D eigenvalue weighted by molar-refractivity contribution is -0.140. The van der Waals surface area contributed by atoms with Gasteiger partial charge in [-0.2, -0.15) is 0 Å². The van der Waals surface area contributed by atoms with Gasteiger partial charge in [0.15, 0.2) is 0 Å². The van der Waals surface area contributed by atoms with Gasteiger partial charge in [0, 0.05) is 6.08 Å². The number of aliphatic carboxylic acids is 3. The molecule has 3 N–H and O–H groups in total. The molecule has 0 aliphatic rings. The molecule has 0 atom stereocenters. The maximum atomic E-state index is 10.2. The van der Waals surface area contributed by atoms with Crippen molar-refractivity contribution in [3.63, 3.8) is 0 Å². The van der Waals surface area contributed by atoms with Crippen LogP contribution in [0, 0.1) is 0 Å². The highest BCUT2D eigenvalue weighted by molar-refractivity contribution is 6.12. The highest BCUT2D eigenvalue weighted by atomic mass is 16.4. The van der Waals surface area contributed by atoms with Crippen LogP contribution in [-0.4, -0.2) is 33.2 Å². The molecule has 0 spiro atoms. The van der Waals surface area contributed by atoms with Gasteiger partial charge in [0.25, 0.3) is 0 Å². The van der Waals surface area contributed by atoms with E-state index in [1.165, 1.54) is 0 Å². The van der Waals surface area contributed by atoms with E-state index in [2.05, 4.69) is 0 Å². The van der Waals surface area contributed by atoms with Crippen molar-refractivity contribution in [2.24, 2.45) is 0 Å². The first-order valence-corrected chi connectivity index (χ1v) is 3.03. The Hall–Kier alpha value is -2.11. The number of carboxylic acids is 3. The molecule has 0 fully saturated rings. The lowest BCUT2D eigenvalue weighted by atomic mass is 10.2. The third kappa shape index (κ3) is 4.35. The summed E-state index contributed by atoms with van der Waals surface area (Å²) in [6, 6.07) is 0. The Morgan fingerprint density at radius 1 is 0.923 bits per heavy atom. The van der Waals surface area contributed by atoms with E-state index < -0.39 is 23.5 Å². The van der Waals surface area contributed by atoms with Crippen molar-refractivity contribution in [3.8, 4) is 0 Å². The summed E-state index contributed by atoms with van der Waals surface area (Å²) < 4.78 is 0. The van der Waals surface area contributed by atoms with Crippen molar-refractivity contribution in [1.82, 2.24) is 0 Å². The molecular formula is C7H6O6. The molecule has 0 aliphatic heterocycles. The lowest BCUT2D eigenvalue weighted by Crippen LogP contribution is -2.10. The molecule has 6 heteroatoms. The Bertz CT molecular complexity index is 282. The Morgan fingerprint density at radius 3 is 1.69 bits per heavy atom. The number of carbonyl (C=O) groups is 3. The van der Waals surface area contributed by atoms with E-state index in [1.807, 2.05) is 0 Å². The Balaban J connectivity index is 4.66. The minimum absolute atomic E-state index is 0.631. The van der Waals surface area contributed by atoms with Crippen LogP contribution in [0.1, 0.15) is 0 Å². The van der Waals surface area contributed by atoms with Gasteiger partial charge in [0.05, 0.1) is 0 Å². The highest BCUT2D eigenvalue weighted by Crippen LogP contribution is 1.95. The quantitative estimate of drug-likeness (QED) is 0.241. The van der Waals surface area contributed by atoms with Crippen LogP contribution in [0.4, 0.5) is 0 Å². The highest BCUT2D eigenvalue weighted by Gasteiger charge is 2.13. The summed E-state index contributed by atoms with van der Waals surface area (Å²) in [5, 5.41) is 24.6. The zero-order valence-corrected chi connectivity index (χ0v) is 6.30. The van der Waals surface area contributed by atoms with E-state index in [1.54, 1.807) is 0 Å². The molecule has 0 unspecified atom stereocenters. The summed E-state index contributed by atoms with van der Waals surface area (Å²) in [6.07, 6.45) is 2.16. The van der Waals surface area contributed by atoms with Crippen LogP contribution < -0.4 is 0 Å². The first-order valence-electron chi connectivity index (χ1n) is 3.03. The van der Waals surface area contributed by atoms with Gasteiger partial charge in [-0.25, -0.2) is 14.4 Å². The van der Waals surface area contributed by atoms with Gasteiger partial charge in [-0.1, -0.05) is 6.08 Å². The second-order valence-electron chi connectivity index (χ2n) is 1.89. The Kier molecular flexibility index (Phi) is 3.94. The number of rotatable bonds is 4. The summed E-state index contributed by atoms with van der Waals surface area (Å²) in [6.45, 7) is 0. The number of hydrogen-bond donors (Lipinski definition) is 3. The fraction of sp³-hybridized carbons (Fsp3) is 0. The summed E-state index contributed by atoms with van der Waals surface area (Å²) in [5.74, 6) is -4.53. The molecule has 0 saturated carbocycles. The zero-order chi connectivity index (χ0) is 10.4. The molecule has 0 bridgehead atoms. The van der Waals surface area contributed by atoms with Crippen molar-refractivity contribution in [3.05, 3.63) is 23.8 Å². The maximum absolute atomic E-state index is 10.2. The van der Waals surface area contributed by atoms with Crippen molar-refractivity contribution >= 4 is 17.9 Å². The number of hydrogen-bond acceptors (Lipinski definition) is 3. The van der Waals surface area contributed by atoms with Crippen LogP contribution in [0.2, 0.25) is 0 Å². The third-order valence-electron chi connectivity index (χ3n) is 0.963. The maximum Gasteiger partial charge on any atom is 0.343 e. The molecule has 0 radical (unpaired) electrons. The molecule has 0 aliphatic carbocycles. The summed E-state index contributed by atoms with van der Waals surface area (Å²) in [4.78, 5) is 30.3. The van der Waals surface area contributed by atoms with Crippen LogP contribution in [0.15, 0.2) is 23.8 Å². The van der Waals surface area contributed by atoms with E-state index in [0.717, 1.165) is 6.08 Å². The molecule has 0 aromatic carbocycles. The summed E-state index contributed by atoms with van der Waals surface area (Å²) in [5.41, 5.74) is -0.891. The normalized spacial score (nSPS) is 9.54. The fourth-order valence-corrected chi connectivity index (χ4v) is 0.461. The molecule has 0 heterocycles. The molecule has 0 saturated heterocycles. The molecule has 13 heavy (non-hydrogen) atoms. The fourth-order valence-electron chi connectivity index (χ4n) is 0.461. The molecule has 0 aromatic rings. The van der Waals surface area contributed by atoms with E-state index >= 15 is 0 Å². The number of carboxylic acid groups (broad SMARTS) is 3. The molecule has 70 valence electrons. The van der Waals surface area contributed by atoms with Gasteiger partial charge in [-0.05, 0) is 6.08 Å². The van der Waals surface area contributed by atoms with E-state index in [0.29, 0.717) is 12.2 Å². The molecule has 0 amide bonds. The molecule has 6 nitrogen and oxygen atoms in total. The second kappa shape index (κ2) is 4.70. The predicted molar refractivity (Wildman–Crippen MR) is 40.1 cm³/mol. The van der Waals surface area contributed by atoms with E-state index in [-0.39, 0.29) is 0 Å².